The average molecular weight is 306 g/mol. The lowest BCUT2D eigenvalue weighted by Gasteiger charge is -2.13. The first-order valence-corrected chi connectivity index (χ1v) is 6.85. The van der Waals surface area contributed by atoms with Crippen LogP contribution in [0, 0.1) is 11.3 Å². The number of nitrogen functional groups attached to an aromatic ring is 1. The molecule has 3 aromatic rings. The third-order valence-corrected chi connectivity index (χ3v) is 3.25. The molecule has 0 fully saturated rings. The Balaban J connectivity index is 2.02. The maximum atomic E-state index is 9.17. The minimum absolute atomic E-state index is 0.300. The van der Waals surface area contributed by atoms with E-state index >= 15 is 0 Å². The Kier molecular flexibility index (Phi) is 3.65. The molecule has 114 valence electrons. The van der Waals surface area contributed by atoms with Gasteiger partial charge in [-0.05, 0) is 30.3 Å². The van der Waals surface area contributed by atoms with Crippen LogP contribution in [0.25, 0.3) is 23.0 Å². The lowest BCUT2D eigenvalue weighted by molar-refractivity contribution is 0.431. The van der Waals surface area contributed by atoms with Crippen molar-refractivity contribution in [1.82, 2.24) is 15.1 Å². The second-order valence-electron chi connectivity index (χ2n) is 5.17. The second kappa shape index (κ2) is 5.77. The summed E-state index contributed by atoms with van der Waals surface area (Å²) in [6.45, 7) is 0. The Labute approximate surface area is 133 Å². The maximum Gasteiger partial charge on any atom is 0.276 e. The molecule has 2 N–H and O–H groups in total. The second-order valence-corrected chi connectivity index (χ2v) is 5.17. The summed E-state index contributed by atoms with van der Waals surface area (Å²) in [6.07, 6.45) is 1.53. The Hall–Kier alpha value is -3.40. The summed E-state index contributed by atoms with van der Waals surface area (Å²) < 4.78 is 5.26. The predicted molar refractivity (Wildman–Crippen MR) is 86.4 cm³/mol. The molecule has 0 radical (unpaired) electrons. The molecule has 3 rings (SSSR count). The van der Waals surface area contributed by atoms with Crippen molar-refractivity contribution in [2.75, 3.05) is 24.7 Å². The summed E-state index contributed by atoms with van der Waals surface area (Å²) >= 11 is 0. The summed E-state index contributed by atoms with van der Waals surface area (Å²) in [5.41, 5.74) is 8.84. The van der Waals surface area contributed by atoms with Gasteiger partial charge < -0.3 is 15.2 Å². The molecule has 23 heavy (non-hydrogen) atoms. The molecule has 0 aliphatic rings. The number of nitrogens with two attached hydrogens (primary N) is 1. The first-order valence-electron chi connectivity index (χ1n) is 6.85. The molecule has 0 bridgehead atoms. The Bertz CT molecular complexity index is 876. The number of hydrogen-bond donors (Lipinski definition) is 1. The first-order chi connectivity index (χ1) is 11.1. The van der Waals surface area contributed by atoms with Gasteiger partial charge in [0.2, 0.25) is 5.82 Å². The molecular formula is C16H14N6O. The lowest BCUT2D eigenvalue weighted by atomic mass is 10.1. The van der Waals surface area contributed by atoms with Crippen LogP contribution in [0.1, 0.15) is 5.56 Å². The van der Waals surface area contributed by atoms with Crippen molar-refractivity contribution >= 4 is 11.4 Å². The van der Waals surface area contributed by atoms with Crippen molar-refractivity contribution in [1.29, 1.82) is 5.26 Å². The van der Waals surface area contributed by atoms with Gasteiger partial charge in [0.25, 0.3) is 5.89 Å². The molecule has 2 heterocycles. The zero-order valence-electron chi connectivity index (χ0n) is 12.7. The fraction of sp³-hybridized carbons (Fsp3) is 0.125. The van der Waals surface area contributed by atoms with Gasteiger partial charge in [0, 0.05) is 25.3 Å². The minimum atomic E-state index is 0.300. The van der Waals surface area contributed by atoms with Gasteiger partial charge in [0.15, 0.2) is 0 Å². The SMILES string of the molecule is CN(C)c1cc(C#N)cc(-c2noc(-c3ccc(N)cn3)n2)c1. The topological polar surface area (TPSA) is 105 Å². The van der Waals surface area contributed by atoms with Crippen LogP contribution in [-0.4, -0.2) is 29.2 Å². The van der Waals surface area contributed by atoms with Crippen LogP contribution in [0.15, 0.2) is 41.1 Å². The van der Waals surface area contributed by atoms with E-state index in [1.165, 1.54) is 6.20 Å². The van der Waals surface area contributed by atoms with E-state index in [1.807, 2.05) is 25.1 Å². The summed E-state index contributed by atoms with van der Waals surface area (Å²) in [4.78, 5) is 10.4. The van der Waals surface area contributed by atoms with Crippen LogP contribution in [0.2, 0.25) is 0 Å². The lowest BCUT2D eigenvalue weighted by Crippen LogP contribution is -2.08. The highest BCUT2D eigenvalue weighted by Gasteiger charge is 2.13. The molecule has 0 saturated heterocycles. The highest BCUT2D eigenvalue weighted by molar-refractivity contribution is 5.67. The van der Waals surface area contributed by atoms with Gasteiger partial charge in [-0.25, -0.2) is 4.98 Å². The van der Waals surface area contributed by atoms with Crippen molar-refractivity contribution in [2.24, 2.45) is 0 Å². The molecule has 0 unspecified atom stereocenters. The molecular weight excluding hydrogens is 292 g/mol. The van der Waals surface area contributed by atoms with Crippen molar-refractivity contribution in [3.63, 3.8) is 0 Å². The van der Waals surface area contributed by atoms with Gasteiger partial charge in [0.05, 0.1) is 23.5 Å². The number of nitrogens with zero attached hydrogens (tertiary/aromatic N) is 5. The van der Waals surface area contributed by atoms with Crippen LogP contribution in [0.4, 0.5) is 11.4 Å². The minimum Gasteiger partial charge on any atom is -0.397 e. The van der Waals surface area contributed by atoms with Gasteiger partial charge in [-0.3, -0.25) is 0 Å². The normalized spacial score (nSPS) is 10.3. The van der Waals surface area contributed by atoms with Crippen LogP contribution < -0.4 is 10.6 Å². The highest BCUT2D eigenvalue weighted by Crippen LogP contribution is 2.26. The van der Waals surface area contributed by atoms with E-state index in [0.29, 0.717) is 34.2 Å². The molecule has 0 spiro atoms. The van der Waals surface area contributed by atoms with Crippen molar-refractivity contribution in [2.45, 2.75) is 0 Å². The first kappa shape index (κ1) is 14.5. The van der Waals surface area contributed by atoms with Crippen LogP contribution in [0.3, 0.4) is 0 Å². The van der Waals surface area contributed by atoms with E-state index in [2.05, 4.69) is 21.2 Å². The van der Waals surface area contributed by atoms with Crippen LogP contribution >= 0.6 is 0 Å². The number of anilines is 2. The number of benzene rings is 1. The maximum absolute atomic E-state index is 9.17. The molecule has 1 aromatic carbocycles. The van der Waals surface area contributed by atoms with Crippen molar-refractivity contribution in [3.05, 3.63) is 42.1 Å². The average Bonchev–Trinajstić information content (AvgIpc) is 3.05. The van der Waals surface area contributed by atoms with Crippen LogP contribution in [-0.2, 0) is 0 Å². The highest BCUT2D eigenvalue weighted by atomic mass is 16.5. The monoisotopic (exact) mass is 306 g/mol. The van der Waals surface area contributed by atoms with E-state index in [9.17, 15) is 0 Å². The fourth-order valence-electron chi connectivity index (χ4n) is 2.04. The fourth-order valence-corrected chi connectivity index (χ4v) is 2.04. The summed E-state index contributed by atoms with van der Waals surface area (Å²) in [6, 6.07) is 11.0. The predicted octanol–water partition coefficient (Wildman–Crippen LogP) is 2.32. The van der Waals surface area contributed by atoms with E-state index < -0.39 is 0 Å². The summed E-state index contributed by atoms with van der Waals surface area (Å²) in [5.74, 6) is 0.701. The van der Waals surface area contributed by atoms with Crippen LogP contribution in [0.5, 0.6) is 0 Å². The van der Waals surface area contributed by atoms with Gasteiger partial charge in [-0.1, -0.05) is 5.16 Å². The summed E-state index contributed by atoms with van der Waals surface area (Å²) in [7, 11) is 3.81. The zero-order chi connectivity index (χ0) is 16.4. The van der Waals surface area contributed by atoms with Gasteiger partial charge in [0.1, 0.15) is 5.69 Å². The quantitative estimate of drug-likeness (QED) is 0.791. The van der Waals surface area contributed by atoms with E-state index in [1.54, 1.807) is 24.3 Å². The summed E-state index contributed by atoms with van der Waals surface area (Å²) in [5, 5.41) is 13.1. The number of rotatable bonds is 3. The standard InChI is InChI=1S/C16H14N6O/c1-22(2)13-6-10(8-17)5-11(7-13)15-20-16(23-21-15)14-4-3-12(18)9-19-14/h3-7,9H,18H2,1-2H3. The number of nitriles is 1. The van der Waals surface area contributed by atoms with Crippen molar-refractivity contribution in [3.8, 4) is 29.0 Å². The number of pyridine rings is 1. The molecule has 0 aliphatic heterocycles. The molecule has 0 amide bonds. The molecule has 7 nitrogen and oxygen atoms in total. The van der Waals surface area contributed by atoms with Gasteiger partial charge >= 0.3 is 0 Å². The largest absolute Gasteiger partial charge is 0.397 e. The van der Waals surface area contributed by atoms with Gasteiger partial charge in [-0.15, -0.1) is 0 Å². The van der Waals surface area contributed by atoms with Gasteiger partial charge in [-0.2, -0.15) is 10.2 Å². The third kappa shape index (κ3) is 2.96. The Morgan fingerprint density at radius 1 is 1.22 bits per heavy atom. The molecule has 7 heteroatoms. The Morgan fingerprint density at radius 2 is 2.04 bits per heavy atom. The van der Waals surface area contributed by atoms with E-state index in [0.717, 1.165) is 5.69 Å². The smallest absolute Gasteiger partial charge is 0.276 e. The molecule has 2 aromatic heterocycles. The van der Waals surface area contributed by atoms with Crippen molar-refractivity contribution < 1.29 is 4.52 Å². The molecule has 0 atom stereocenters. The zero-order valence-corrected chi connectivity index (χ0v) is 12.7. The number of hydrogen-bond acceptors (Lipinski definition) is 7. The number of aromatic nitrogens is 3. The third-order valence-electron chi connectivity index (χ3n) is 3.25. The molecule has 0 aliphatic carbocycles. The Morgan fingerprint density at radius 3 is 2.70 bits per heavy atom. The molecule has 0 saturated carbocycles. The van der Waals surface area contributed by atoms with E-state index in [4.69, 9.17) is 15.5 Å². The van der Waals surface area contributed by atoms with E-state index in [-0.39, 0.29) is 0 Å².